The molecular weight excluding hydrogens is 227 g/mol. The molecule has 0 saturated carbocycles. The Labute approximate surface area is 95.0 Å². The second-order valence-electron chi connectivity index (χ2n) is 3.67. The maximum Gasteiger partial charge on any atom is 0.332 e. The van der Waals surface area contributed by atoms with E-state index in [2.05, 4.69) is 0 Å². The molecule has 0 fully saturated rings. The Morgan fingerprint density at radius 3 is 2.44 bits per heavy atom. The molecule has 0 heterocycles. The van der Waals surface area contributed by atoms with E-state index in [1.54, 1.807) is 0 Å². The van der Waals surface area contributed by atoms with Crippen molar-refractivity contribution in [3.05, 3.63) is 35.9 Å². The first kappa shape index (κ1) is 12.9. The second-order valence-corrected chi connectivity index (χ2v) is 6.43. The normalized spacial score (nSPS) is 11.1. The highest BCUT2D eigenvalue weighted by molar-refractivity contribution is 7.57. The SMILES string of the molecule is CP(C)(=O)OCC(=O)OCc1ccccc1. The first-order valence-corrected chi connectivity index (χ1v) is 7.38. The highest BCUT2D eigenvalue weighted by Crippen LogP contribution is 2.36. The van der Waals surface area contributed by atoms with Gasteiger partial charge in [0.25, 0.3) is 0 Å². The summed E-state index contributed by atoms with van der Waals surface area (Å²) in [6.07, 6.45) is 0. The van der Waals surface area contributed by atoms with E-state index in [0.29, 0.717) is 0 Å². The third kappa shape index (κ3) is 5.69. The predicted molar refractivity (Wildman–Crippen MR) is 61.6 cm³/mol. The number of hydrogen-bond donors (Lipinski definition) is 0. The van der Waals surface area contributed by atoms with Crippen molar-refractivity contribution in [2.24, 2.45) is 0 Å². The average molecular weight is 242 g/mol. The number of benzene rings is 1. The molecule has 5 heteroatoms. The molecule has 0 aliphatic carbocycles. The summed E-state index contributed by atoms with van der Waals surface area (Å²) in [5.41, 5.74) is 0.909. The van der Waals surface area contributed by atoms with Crippen molar-refractivity contribution in [1.29, 1.82) is 0 Å². The third-order valence-corrected chi connectivity index (χ3v) is 2.49. The molecule has 0 aliphatic rings. The van der Waals surface area contributed by atoms with Gasteiger partial charge >= 0.3 is 5.97 Å². The first-order chi connectivity index (χ1) is 7.47. The van der Waals surface area contributed by atoms with Crippen LogP contribution < -0.4 is 0 Å². The third-order valence-electron chi connectivity index (χ3n) is 1.74. The number of rotatable bonds is 5. The van der Waals surface area contributed by atoms with Crippen molar-refractivity contribution in [3.8, 4) is 0 Å². The van der Waals surface area contributed by atoms with Gasteiger partial charge in [0.05, 0.1) is 0 Å². The highest BCUT2D eigenvalue weighted by atomic mass is 31.2. The van der Waals surface area contributed by atoms with Crippen LogP contribution in [0.3, 0.4) is 0 Å². The molecule has 0 aliphatic heterocycles. The summed E-state index contributed by atoms with van der Waals surface area (Å²) in [4.78, 5) is 11.2. The van der Waals surface area contributed by atoms with Gasteiger partial charge < -0.3 is 9.26 Å². The molecular formula is C11H15O4P. The van der Waals surface area contributed by atoms with Crippen LogP contribution in [0.1, 0.15) is 5.56 Å². The molecule has 0 saturated heterocycles. The summed E-state index contributed by atoms with van der Waals surface area (Å²) in [7, 11) is -2.62. The van der Waals surface area contributed by atoms with Crippen molar-refractivity contribution >= 4 is 13.3 Å². The molecule has 16 heavy (non-hydrogen) atoms. The molecule has 0 bridgehead atoms. The van der Waals surface area contributed by atoms with Gasteiger partial charge in [0.1, 0.15) is 6.61 Å². The fourth-order valence-electron chi connectivity index (χ4n) is 0.988. The van der Waals surface area contributed by atoms with Crippen LogP contribution in [-0.4, -0.2) is 25.9 Å². The van der Waals surface area contributed by atoms with Gasteiger partial charge in [-0.2, -0.15) is 0 Å². The average Bonchev–Trinajstić information content (AvgIpc) is 2.24. The van der Waals surface area contributed by atoms with Crippen molar-refractivity contribution in [1.82, 2.24) is 0 Å². The van der Waals surface area contributed by atoms with Crippen molar-refractivity contribution in [2.75, 3.05) is 19.9 Å². The van der Waals surface area contributed by atoms with Crippen LogP contribution in [0.25, 0.3) is 0 Å². The minimum Gasteiger partial charge on any atom is -0.459 e. The van der Waals surface area contributed by atoms with Crippen LogP contribution in [0.5, 0.6) is 0 Å². The van der Waals surface area contributed by atoms with Gasteiger partial charge in [0.15, 0.2) is 14.0 Å². The first-order valence-electron chi connectivity index (χ1n) is 4.86. The number of ether oxygens (including phenoxy) is 1. The van der Waals surface area contributed by atoms with E-state index in [0.717, 1.165) is 5.56 Å². The largest absolute Gasteiger partial charge is 0.459 e. The van der Waals surface area contributed by atoms with Crippen molar-refractivity contribution < 1.29 is 18.6 Å². The lowest BCUT2D eigenvalue weighted by Gasteiger charge is -2.08. The van der Waals surface area contributed by atoms with Gasteiger partial charge in [0.2, 0.25) is 0 Å². The van der Waals surface area contributed by atoms with Gasteiger partial charge in [-0.1, -0.05) is 30.3 Å². The van der Waals surface area contributed by atoms with Gasteiger partial charge in [-0.3, -0.25) is 4.57 Å². The van der Waals surface area contributed by atoms with Gasteiger partial charge in [-0.15, -0.1) is 0 Å². The summed E-state index contributed by atoms with van der Waals surface area (Å²) in [5.74, 6) is -0.507. The van der Waals surface area contributed by atoms with Crippen LogP contribution in [0.4, 0.5) is 0 Å². The summed E-state index contributed by atoms with van der Waals surface area (Å²) >= 11 is 0. The Bertz CT molecular complexity index is 382. The Hall–Kier alpha value is -1.12. The molecule has 4 nitrogen and oxygen atoms in total. The molecule has 0 atom stereocenters. The molecule has 1 aromatic rings. The molecule has 0 unspecified atom stereocenters. The molecule has 1 aromatic carbocycles. The lowest BCUT2D eigenvalue weighted by Crippen LogP contribution is -2.11. The van der Waals surface area contributed by atoms with E-state index < -0.39 is 13.3 Å². The van der Waals surface area contributed by atoms with Crippen molar-refractivity contribution in [2.45, 2.75) is 6.61 Å². The molecule has 0 spiro atoms. The van der Waals surface area contributed by atoms with Crippen LogP contribution in [-0.2, 0) is 25.2 Å². The molecule has 1 rings (SSSR count). The molecule has 0 radical (unpaired) electrons. The Balaban J connectivity index is 2.29. The number of esters is 1. The standard InChI is InChI=1S/C11H15O4P/c1-16(2,13)15-9-11(12)14-8-10-6-4-3-5-7-10/h3-7H,8-9H2,1-2H3. The lowest BCUT2D eigenvalue weighted by molar-refractivity contribution is -0.147. The lowest BCUT2D eigenvalue weighted by atomic mass is 10.2. The monoisotopic (exact) mass is 242 g/mol. The van der Waals surface area contributed by atoms with Crippen LogP contribution in [0.2, 0.25) is 0 Å². The fourth-order valence-corrected chi connectivity index (χ4v) is 1.40. The van der Waals surface area contributed by atoms with Crippen LogP contribution >= 0.6 is 7.37 Å². The zero-order valence-electron chi connectivity index (χ0n) is 9.38. The zero-order chi connectivity index (χ0) is 12.0. The maximum absolute atomic E-state index is 11.2. The summed E-state index contributed by atoms with van der Waals surface area (Å²) in [6, 6.07) is 9.34. The number of hydrogen-bond acceptors (Lipinski definition) is 4. The topological polar surface area (TPSA) is 52.6 Å². The second kappa shape index (κ2) is 5.83. The van der Waals surface area contributed by atoms with E-state index >= 15 is 0 Å². The molecule has 0 aromatic heterocycles. The Kier molecular flexibility index (Phi) is 4.71. The minimum atomic E-state index is -2.62. The smallest absolute Gasteiger partial charge is 0.332 e. The highest BCUT2D eigenvalue weighted by Gasteiger charge is 2.11. The van der Waals surface area contributed by atoms with E-state index in [4.69, 9.17) is 9.26 Å². The van der Waals surface area contributed by atoms with Crippen LogP contribution in [0.15, 0.2) is 30.3 Å². The summed E-state index contributed by atoms with van der Waals surface area (Å²) in [6.45, 7) is 2.85. The number of carbonyl (C=O) groups is 1. The molecule has 0 amide bonds. The van der Waals surface area contributed by atoms with Gasteiger partial charge in [-0.25, -0.2) is 4.79 Å². The summed E-state index contributed by atoms with van der Waals surface area (Å²) in [5, 5.41) is 0. The predicted octanol–water partition coefficient (Wildman–Crippen LogP) is 2.28. The molecule has 88 valence electrons. The van der Waals surface area contributed by atoms with Gasteiger partial charge in [0, 0.05) is 13.3 Å². The van der Waals surface area contributed by atoms with E-state index in [1.165, 1.54) is 13.3 Å². The summed E-state index contributed by atoms with van der Waals surface area (Å²) < 4.78 is 21.0. The van der Waals surface area contributed by atoms with E-state index in [9.17, 15) is 9.36 Å². The quantitative estimate of drug-likeness (QED) is 0.587. The van der Waals surface area contributed by atoms with E-state index in [-0.39, 0.29) is 13.2 Å². The van der Waals surface area contributed by atoms with E-state index in [1.807, 2.05) is 30.3 Å². The van der Waals surface area contributed by atoms with Crippen molar-refractivity contribution in [3.63, 3.8) is 0 Å². The molecule has 0 N–H and O–H groups in total. The zero-order valence-corrected chi connectivity index (χ0v) is 10.3. The fraction of sp³-hybridized carbons (Fsp3) is 0.364. The van der Waals surface area contributed by atoms with Gasteiger partial charge in [-0.05, 0) is 5.56 Å². The maximum atomic E-state index is 11.2. The van der Waals surface area contributed by atoms with Crippen LogP contribution in [0, 0.1) is 0 Å². The Morgan fingerprint density at radius 2 is 1.88 bits per heavy atom. The Morgan fingerprint density at radius 1 is 1.25 bits per heavy atom. The number of carbonyl (C=O) groups excluding carboxylic acids is 1. The minimum absolute atomic E-state index is 0.209.